The van der Waals surface area contributed by atoms with Crippen LogP contribution < -0.4 is 0 Å². The Morgan fingerprint density at radius 2 is 2.20 bits per heavy atom. The number of aromatic amines is 1. The van der Waals surface area contributed by atoms with Gasteiger partial charge in [0.15, 0.2) is 0 Å². The van der Waals surface area contributed by atoms with Crippen molar-refractivity contribution in [3.05, 3.63) is 53.6 Å². The molecular weight excluding hydrogens is 317 g/mol. The van der Waals surface area contributed by atoms with E-state index in [-0.39, 0.29) is 11.7 Å². The number of amides is 1. The van der Waals surface area contributed by atoms with Crippen LogP contribution in [-0.4, -0.2) is 34.1 Å². The molecule has 1 aromatic heterocycles. The number of likely N-dealkylation sites (tertiary alicyclic amines) is 1. The van der Waals surface area contributed by atoms with Gasteiger partial charge in [-0.15, -0.1) is 0 Å². The fourth-order valence-electron chi connectivity index (χ4n) is 3.60. The zero-order valence-corrected chi connectivity index (χ0v) is 14.6. The van der Waals surface area contributed by atoms with Crippen molar-refractivity contribution in [1.29, 1.82) is 0 Å². The number of benzene rings is 1. The molecule has 1 aromatic carbocycles. The van der Waals surface area contributed by atoms with Crippen LogP contribution in [0.5, 0.6) is 0 Å². The minimum absolute atomic E-state index is 0.120. The van der Waals surface area contributed by atoms with Gasteiger partial charge in [0.25, 0.3) is 0 Å². The van der Waals surface area contributed by atoms with Crippen molar-refractivity contribution in [2.24, 2.45) is 5.92 Å². The van der Waals surface area contributed by atoms with Gasteiger partial charge in [-0.3, -0.25) is 9.89 Å². The maximum Gasteiger partial charge on any atom is 0.222 e. The van der Waals surface area contributed by atoms with E-state index in [4.69, 9.17) is 0 Å². The third-order valence-electron chi connectivity index (χ3n) is 5.06. The molecule has 1 aliphatic rings. The predicted molar refractivity (Wildman–Crippen MR) is 95.6 cm³/mol. The minimum atomic E-state index is -0.120. The quantitative estimate of drug-likeness (QED) is 0.832. The smallest absolute Gasteiger partial charge is 0.222 e. The summed E-state index contributed by atoms with van der Waals surface area (Å²) >= 11 is 0. The van der Waals surface area contributed by atoms with Crippen molar-refractivity contribution in [2.75, 3.05) is 13.1 Å². The van der Waals surface area contributed by atoms with E-state index in [0.717, 1.165) is 62.7 Å². The Balaban J connectivity index is 1.42. The van der Waals surface area contributed by atoms with Crippen LogP contribution in [0.15, 0.2) is 36.7 Å². The van der Waals surface area contributed by atoms with Gasteiger partial charge in [-0.1, -0.05) is 18.2 Å². The summed E-state index contributed by atoms with van der Waals surface area (Å²) in [5, 5.41) is 6.72. The van der Waals surface area contributed by atoms with Gasteiger partial charge in [0, 0.05) is 25.7 Å². The number of H-pyrrole nitrogens is 1. The maximum atomic E-state index is 13.7. The molecule has 2 heterocycles. The summed E-state index contributed by atoms with van der Waals surface area (Å²) in [6, 6.07) is 6.99. The van der Waals surface area contributed by atoms with Gasteiger partial charge >= 0.3 is 0 Å². The lowest BCUT2D eigenvalue weighted by molar-refractivity contribution is -0.133. The Labute approximate surface area is 148 Å². The molecule has 0 radical (unpaired) electrons. The van der Waals surface area contributed by atoms with E-state index in [2.05, 4.69) is 10.2 Å². The van der Waals surface area contributed by atoms with Crippen LogP contribution in [0.25, 0.3) is 0 Å². The molecule has 2 aromatic rings. The highest BCUT2D eigenvalue weighted by atomic mass is 19.1. The van der Waals surface area contributed by atoms with Crippen molar-refractivity contribution in [1.82, 2.24) is 15.1 Å². The summed E-state index contributed by atoms with van der Waals surface area (Å²) in [4.78, 5) is 14.4. The summed E-state index contributed by atoms with van der Waals surface area (Å²) < 4.78 is 13.7. The maximum absolute atomic E-state index is 13.7. The van der Waals surface area contributed by atoms with Gasteiger partial charge in [0.05, 0.1) is 6.20 Å². The second-order valence-corrected chi connectivity index (χ2v) is 6.94. The van der Waals surface area contributed by atoms with Crippen molar-refractivity contribution < 1.29 is 9.18 Å². The van der Waals surface area contributed by atoms with E-state index >= 15 is 0 Å². The van der Waals surface area contributed by atoms with Gasteiger partial charge in [0.1, 0.15) is 5.82 Å². The van der Waals surface area contributed by atoms with Gasteiger partial charge in [0.2, 0.25) is 5.91 Å². The summed E-state index contributed by atoms with van der Waals surface area (Å²) in [7, 11) is 0. The molecule has 1 amide bonds. The van der Waals surface area contributed by atoms with Crippen LogP contribution in [0, 0.1) is 11.7 Å². The van der Waals surface area contributed by atoms with Gasteiger partial charge in [-0.05, 0) is 61.6 Å². The van der Waals surface area contributed by atoms with E-state index in [1.165, 1.54) is 6.07 Å². The summed E-state index contributed by atoms with van der Waals surface area (Å²) in [5.74, 6) is 0.607. The molecule has 134 valence electrons. The van der Waals surface area contributed by atoms with E-state index in [1.807, 2.05) is 29.4 Å². The van der Waals surface area contributed by atoms with Crippen LogP contribution >= 0.6 is 0 Å². The van der Waals surface area contributed by atoms with Crippen molar-refractivity contribution >= 4 is 5.91 Å². The van der Waals surface area contributed by atoms with Crippen LogP contribution in [-0.2, 0) is 17.6 Å². The lowest BCUT2D eigenvalue weighted by Crippen LogP contribution is -2.40. The number of rotatable bonds is 7. The van der Waals surface area contributed by atoms with Crippen molar-refractivity contribution in [2.45, 2.75) is 44.9 Å². The summed E-state index contributed by atoms with van der Waals surface area (Å²) in [6.45, 7) is 1.68. The van der Waals surface area contributed by atoms with E-state index in [1.54, 1.807) is 6.07 Å². The third-order valence-corrected chi connectivity index (χ3v) is 5.06. The molecule has 1 fully saturated rings. The summed E-state index contributed by atoms with van der Waals surface area (Å²) in [5.41, 5.74) is 1.93. The predicted octanol–water partition coefficient (Wildman–Crippen LogP) is 3.74. The van der Waals surface area contributed by atoms with E-state index in [9.17, 15) is 9.18 Å². The van der Waals surface area contributed by atoms with E-state index in [0.29, 0.717) is 12.3 Å². The number of piperidine rings is 1. The molecule has 0 aliphatic carbocycles. The highest BCUT2D eigenvalue weighted by molar-refractivity contribution is 5.76. The molecule has 3 rings (SSSR count). The second-order valence-electron chi connectivity index (χ2n) is 6.94. The fraction of sp³-hybridized carbons (Fsp3) is 0.500. The van der Waals surface area contributed by atoms with Gasteiger partial charge < -0.3 is 4.90 Å². The number of aryl methyl sites for hydroxylation is 2. The highest BCUT2D eigenvalue weighted by Crippen LogP contribution is 2.23. The molecule has 1 aliphatic heterocycles. The number of nitrogens with zero attached hydrogens (tertiary/aromatic N) is 2. The fourth-order valence-corrected chi connectivity index (χ4v) is 3.60. The molecular formula is C20H26FN3O. The monoisotopic (exact) mass is 343 g/mol. The van der Waals surface area contributed by atoms with Crippen LogP contribution in [0.3, 0.4) is 0 Å². The molecule has 0 spiro atoms. The zero-order valence-electron chi connectivity index (χ0n) is 14.6. The molecule has 1 N–H and O–H groups in total. The average molecular weight is 343 g/mol. The Morgan fingerprint density at radius 1 is 1.32 bits per heavy atom. The largest absolute Gasteiger partial charge is 0.342 e. The number of hydrogen-bond acceptors (Lipinski definition) is 2. The Kier molecular flexibility index (Phi) is 6.20. The molecule has 0 bridgehead atoms. The zero-order chi connectivity index (χ0) is 17.5. The standard InChI is InChI=1S/C20H26FN3O/c21-19-8-2-1-7-18(19)11-10-16-6-4-12-24(15-16)20(25)9-3-5-17-13-22-23-14-17/h1-2,7-8,13-14,16H,3-6,9-12,15H2,(H,22,23)/t16-/m0/s1. The number of aromatic nitrogens is 2. The van der Waals surface area contributed by atoms with E-state index < -0.39 is 0 Å². The molecule has 25 heavy (non-hydrogen) atoms. The molecule has 5 heteroatoms. The Morgan fingerprint density at radius 3 is 3.00 bits per heavy atom. The third kappa shape index (κ3) is 5.15. The molecule has 1 atom stereocenters. The molecule has 4 nitrogen and oxygen atoms in total. The number of carbonyl (C=O) groups is 1. The molecule has 0 saturated carbocycles. The lowest BCUT2D eigenvalue weighted by atomic mass is 9.91. The summed E-state index contributed by atoms with van der Waals surface area (Å²) in [6.07, 6.45) is 9.89. The Hall–Kier alpha value is -2.17. The van der Waals surface area contributed by atoms with Crippen LogP contribution in [0.2, 0.25) is 0 Å². The first-order valence-electron chi connectivity index (χ1n) is 9.21. The first-order valence-corrected chi connectivity index (χ1v) is 9.21. The van der Waals surface area contributed by atoms with Crippen molar-refractivity contribution in [3.63, 3.8) is 0 Å². The molecule has 0 unspecified atom stereocenters. The number of hydrogen-bond donors (Lipinski definition) is 1. The SMILES string of the molecule is O=C(CCCc1cn[nH]c1)N1CCC[C@@H](CCc2ccccc2F)C1. The van der Waals surface area contributed by atoms with Gasteiger partial charge in [-0.2, -0.15) is 5.10 Å². The average Bonchev–Trinajstić information content (AvgIpc) is 3.15. The van der Waals surface area contributed by atoms with Crippen LogP contribution in [0.4, 0.5) is 4.39 Å². The lowest BCUT2D eigenvalue weighted by Gasteiger charge is -2.33. The normalized spacial score (nSPS) is 17.6. The van der Waals surface area contributed by atoms with Gasteiger partial charge in [-0.25, -0.2) is 4.39 Å². The second kappa shape index (κ2) is 8.79. The number of nitrogens with one attached hydrogen (secondary N) is 1. The molecule has 1 saturated heterocycles. The highest BCUT2D eigenvalue weighted by Gasteiger charge is 2.23. The number of carbonyl (C=O) groups excluding carboxylic acids is 1. The Bertz CT molecular complexity index is 671. The minimum Gasteiger partial charge on any atom is -0.342 e. The number of halogens is 1. The van der Waals surface area contributed by atoms with Crippen molar-refractivity contribution in [3.8, 4) is 0 Å². The van der Waals surface area contributed by atoms with Crippen LogP contribution in [0.1, 0.15) is 43.2 Å². The topological polar surface area (TPSA) is 49.0 Å². The first kappa shape index (κ1) is 17.6. The first-order chi connectivity index (χ1) is 12.2.